The number of carbonyl (C=O) groups is 3. The van der Waals surface area contributed by atoms with Crippen LogP contribution in [0.2, 0.25) is 0 Å². The van der Waals surface area contributed by atoms with E-state index in [2.05, 4.69) is 10.6 Å². The molecule has 1 saturated heterocycles. The van der Waals surface area contributed by atoms with Crippen molar-refractivity contribution in [3.8, 4) is 0 Å². The number of nitrogens with zero attached hydrogens (tertiary/aromatic N) is 2. The summed E-state index contributed by atoms with van der Waals surface area (Å²) in [5.74, 6) is -2.98. The maximum atomic E-state index is 13.1. The van der Waals surface area contributed by atoms with Crippen molar-refractivity contribution in [1.82, 2.24) is 15.1 Å². The second kappa shape index (κ2) is 9.81. The summed E-state index contributed by atoms with van der Waals surface area (Å²) in [6, 6.07) is 2.98. The molecule has 0 aromatic heterocycles. The van der Waals surface area contributed by atoms with Gasteiger partial charge in [-0.05, 0) is 19.1 Å². The first-order valence-electron chi connectivity index (χ1n) is 8.54. The van der Waals surface area contributed by atoms with E-state index in [1.807, 2.05) is 4.90 Å². The lowest BCUT2D eigenvalue weighted by atomic mass is 10.3. The summed E-state index contributed by atoms with van der Waals surface area (Å²) in [5.41, 5.74) is 0.100. The number of nitrogens with one attached hydrogen (secondary N) is 2. The number of hydrogen-bond acceptors (Lipinski definition) is 5. The molecule has 1 aromatic rings. The Kier molecular flexibility index (Phi) is 7.47. The standard InChI is InChI=1S/C17H22F2N4O4/c1-2-27-17(26)23-7-5-22(6-8-23)11-16(25)20-10-15(24)21-12-3-4-13(18)14(19)9-12/h3-4,9H,2,5-8,10-11H2,1H3,(H,20,25)(H,21,24). The summed E-state index contributed by atoms with van der Waals surface area (Å²) in [5, 5.41) is 4.83. The molecule has 2 rings (SSSR count). The van der Waals surface area contributed by atoms with Crippen LogP contribution in [0, 0.1) is 11.6 Å². The predicted octanol–water partition coefficient (Wildman–Crippen LogP) is 0.794. The summed E-state index contributed by atoms with van der Waals surface area (Å²) in [6.45, 7) is 3.82. The minimum absolute atomic E-state index is 0.0924. The van der Waals surface area contributed by atoms with Crippen LogP contribution >= 0.6 is 0 Å². The van der Waals surface area contributed by atoms with Gasteiger partial charge in [-0.1, -0.05) is 0 Å². The van der Waals surface area contributed by atoms with Crippen LogP contribution in [0.15, 0.2) is 18.2 Å². The van der Waals surface area contributed by atoms with Crippen molar-refractivity contribution in [3.05, 3.63) is 29.8 Å². The Morgan fingerprint density at radius 2 is 1.78 bits per heavy atom. The zero-order valence-corrected chi connectivity index (χ0v) is 15.0. The van der Waals surface area contributed by atoms with Crippen LogP contribution in [0.4, 0.5) is 19.3 Å². The average Bonchev–Trinajstić information content (AvgIpc) is 2.64. The molecule has 0 saturated carbocycles. The highest BCUT2D eigenvalue weighted by Crippen LogP contribution is 2.12. The fourth-order valence-corrected chi connectivity index (χ4v) is 2.52. The lowest BCUT2D eigenvalue weighted by Gasteiger charge is -2.33. The molecule has 1 aliphatic rings. The smallest absolute Gasteiger partial charge is 0.409 e. The molecule has 0 spiro atoms. The molecule has 10 heteroatoms. The number of ether oxygens (including phenoxy) is 1. The van der Waals surface area contributed by atoms with E-state index in [4.69, 9.17) is 4.74 Å². The molecule has 8 nitrogen and oxygen atoms in total. The first-order chi connectivity index (χ1) is 12.9. The topological polar surface area (TPSA) is 91.0 Å². The molecule has 0 bridgehead atoms. The van der Waals surface area contributed by atoms with Crippen LogP contribution in [-0.4, -0.2) is 73.6 Å². The van der Waals surface area contributed by atoms with Crippen LogP contribution in [0.25, 0.3) is 0 Å². The molecule has 0 atom stereocenters. The number of carbonyl (C=O) groups excluding carboxylic acids is 3. The monoisotopic (exact) mass is 384 g/mol. The quantitative estimate of drug-likeness (QED) is 0.757. The van der Waals surface area contributed by atoms with Crippen molar-refractivity contribution in [1.29, 1.82) is 0 Å². The van der Waals surface area contributed by atoms with Gasteiger partial charge in [0.15, 0.2) is 11.6 Å². The number of piperazine rings is 1. The van der Waals surface area contributed by atoms with Gasteiger partial charge in [0.2, 0.25) is 11.8 Å². The molecule has 1 heterocycles. The van der Waals surface area contributed by atoms with Crippen LogP contribution in [0.3, 0.4) is 0 Å². The van der Waals surface area contributed by atoms with E-state index in [-0.39, 0.29) is 30.8 Å². The summed E-state index contributed by atoms with van der Waals surface area (Å²) in [6.07, 6.45) is -0.365. The molecular weight excluding hydrogens is 362 g/mol. The molecule has 27 heavy (non-hydrogen) atoms. The Morgan fingerprint density at radius 3 is 2.41 bits per heavy atom. The van der Waals surface area contributed by atoms with Crippen LogP contribution in [0.5, 0.6) is 0 Å². The van der Waals surface area contributed by atoms with Crippen molar-refractivity contribution in [2.75, 3.05) is 51.2 Å². The SMILES string of the molecule is CCOC(=O)N1CCN(CC(=O)NCC(=O)Nc2ccc(F)c(F)c2)CC1. The van der Waals surface area contributed by atoms with Crippen molar-refractivity contribution in [3.63, 3.8) is 0 Å². The number of anilines is 1. The van der Waals surface area contributed by atoms with Crippen LogP contribution < -0.4 is 10.6 Å². The van der Waals surface area contributed by atoms with Gasteiger partial charge in [-0.15, -0.1) is 0 Å². The fraction of sp³-hybridized carbons (Fsp3) is 0.471. The second-order valence-corrected chi connectivity index (χ2v) is 5.92. The molecule has 1 aromatic carbocycles. The lowest BCUT2D eigenvalue weighted by molar-refractivity contribution is -0.125. The van der Waals surface area contributed by atoms with Gasteiger partial charge in [-0.3, -0.25) is 14.5 Å². The van der Waals surface area contributed by atoms with Gasteiger partial charge in [0.05, 0.1) is 19.7 Å². The summed E-state index contributed by atoms with van der Waals surface area (Å²) >= 11 is 0. The normalized spacial score (nSPS) is 14.6. The Hall–Kier alpha value is -2.75. The molecule has 0 radical (unpaired) electrons. The first kappa shape index (κ1) is 20.6. The van der Waals surface area contributed by atoms with E-state index in [1.165, 1.54) is 6.07 Å². The van der Waals surface area contributed by atoms with Gasteiger partial charge >= 0.3 is 6.09 Å². The molecule has 3 amide bonds. The van der Waals surface area contributed by atoms with Crippen LogP contribution in [-0.2, 0) is 14.3 Å². The Morgan fingerprint density at radius 1 is 1.07 bits per heavy atom. The molecule has 2 N–H and O–H groups in total. The number of amides is 3. The zero-order valence-electron chi connectivity index (χ0n) is 15.0. The summed E-state index contributed by atoms with van der Waals surface area (Å²) in [7, 11) is 0. The van der Waals surface area contributed by atoms with Gasteiger partial charge in [0, 0.05) is 37.9 Å². The van der Waals surface area contributed by atoms with Crippen molar-refractivity contribution >= 4 is 23.6 Å². The lowest BCUT2D eigenvalue weighted by Crippen LogP contribution is -2.51. The van der Waals surface area contributed by atoms with Gasteiger partial charge in [0.25, 0.3) is 0 Å². The summed E-state index contributed by atoms with van der Waals surface area (Å²) in [4.78, 5) is 38.8. The van der Waals surface area contributed by atoms with E-state index in [0.29, 0.717) is 32.8 Å². The highest BCUT2D eigenvalue weighted by Gasteiger charge is 2.23. The van der Waals surface area contributed by atoms with E-state index in [1.54, 1.807) is 11.8 Å². The fourth-order valence-electron chi connectivity index (χ4n) is 2.52. The minimum atomic E-state index is -1.07. The van der Waals surface area contributed by atoms with Crippen molar-refractivity contribution in [2.45, 2.75) is 6.92 Å². The molecular formula is C17H22F2N4O4. The van der Waals surface area contributed by atoms with Gasteiger partial charge < -0.3 is 20.3 Å². The first-order valence-corrected chi connectivity index (χ1v) is 8.54. The molecule has 0 unspecified atom stereocenters. The van der Waals surface area contributed by atoms with Crippen molar-refractivity contribution < 1.29 is 27.9 Å². The Bertz CT molecular complexity index is 694. The van der Waals surface area contributed by atoms with E-state index in [9.17, 15) is 23.2 Å². The number of halogens is 2. The van der Waals surface area contributed by atoms with E-state index < -0.39 is 17.5 Å². The third kappa shape index (κ3) is 6.48. The maximum Gasteiger partial charge on any atom is 0.409 e. The summed E-state index contributed by atoms with van der Waals surface area (Å²) < 4.78 is 30.9. The molecule has 1 fully saturated rings. The molecule has 148 valence electrons. The molecule has 1 aliphatic heterocycles. The van der Waals surface area contributed by atoms with E-state index in [0.717, 1.165) is 12.1 Å². The Labute approximate surface area is 155 Å². The third-order valence-electron chi connectivity index (χ3n) is 3.91. The van der Waals surface area contributed by atoms with E-state index >= 15 is 0 Å². The van der Waals surface area contributed by atoms with Crippen molar-refractivity contribution in [2.24, 2.45) is 0 Å². The second-order valence-electron chi connectivity index (χ2n) is 5.92. The largest absolute Gasteiger partial charge is 0.450 e. The number of benzene rings is 1. The maximum absolute atomic E-state index is 13.1. The average molecular weight is 384 g/mol. The number of hydrogen-bond donors (Lipinski definition) is 2. The predicted molar refractivity (Wildman–Crippen MR) is 93.0 cm³/mol. The molecule has 0 aliphatic carbocycles. The Balaban J connectivity index is 1.68. The number of rotatable bonds is 6. The zero-order chi connectivity index (χ0) is 19.8. The third-order valence-corrected chi connectivity index (χ3v) is 3.91. The van der Waals surface area contributed by atoms with Gasteiger partial charge in [0.1, 0.15) is 0 Å². The van der Waals surface area contributed by atoms with Crippen LogP contribution in [0.1, 0.15) is 6.92 Å². The highest BCUT2D eigenvalue weighted by molar-refractivity contribution is 5.94. The highest BCUT2D eigenvalue weighted by atomic mass is 19.2. The van der Waals surface area contributed by atoms with Gasteiger partial charge in [-0.2, -0.15) is 0 Å². The van der Waals surface area contributed by atoms with Gasteiger partial charge in [-0.25, -0.2) is 13.6 Å². The minimum Gasteiger partial charge on any atom is -0.450 e.